The van der Waals surface area contributed by atoms with Crippen LogP contribution in [-0.2, 0) is 27.2 Å². The maximum absolute atomic E-state index is 12.5. The van der Waals surface area contributed by atoms with Crippen molar-refractivity contribution >= 4 is 17.8 Å². The number of H-pyrrole nitrogens is 1. The van der Waals surface area contributed by atoms with E-state index < -0.39 is 35.9 Å². The number of benzene rings is 1. The summed E-state index contributed by atoms with van der Waals surface area (Å²) in [6.45, 7) is 1.34. The van der Waals surface area contributed by atoms with Crippen molar-refractivity contribution in [2.45, 2.75) is 37.9 Å². The van der Waals surface area contributed by atoms with Crippen molar-refractivity contribution in [1.29, 1.82) is 0 Å². The summed E-state index contributed by atoms with van der Waals surface area (Å²) in [5.41, 5.74) is 7.48. The summed E-state index contributed by atoms with van der Waals surface area (Å²) in [6.07, 6.45) is 3.42. The lowest BCUT2D eigenvalue weighted by Crippen LogP contribution is -2.55. The molecule has 2 amide bonds. The molecule has 1 aromatic heterocycles. The quantitative estimate of drug-likeness (QED) is 0.403. The fourth-order valence-corrected chi connectivity index (χ4v) is 2.44. The highest BCUT2D eigenvalue weighted by Crippen LogP contribution is 2.04. The van der Waals surface area contributed by atoms with Crippen molar-refractivity contribution in [3.8, 4) is 0 Å². The topological polar surface area (TPSA) is 150 Å². The van der Waals surface area contributed by atoms with E-state index in [2.05, 4.69) is 20.6 Å². The van der Waals surface area contributed by atoms with Crippen molar-refractivity contribution in [2.75, 3.05) is 0 Å². The van der Waals surface area contributed by atoms with E-state index >= 15 is 0 Å². The van der Waals surface area contributed by atoms with E-state index in [4.69, 9.17) is 10.8 Å². The second-order valence-electron chi connectivity index (χ2n) is 6.21. The number of aromatic amines is 1. The summed E-state index contributed by atoms with van der Waals surface area (Å²) in [7, 11) is 0. The second-order valence-corrected chi connectivity index (χ2v) is 6.21. The molecule has 0 saturated heterocycles. The Kier molecular flexibility index (Phi) is 7.07. The summed E-state index contributed by atoms with van der Waals surface area (Å²) in [5.74, 6) is -2.28. The molecule has 1 aromatic carbocycles. The van der Waals surface area contributed by atoms with Crippen LogP contribution in [0.15, 0.2) is 42.9 Å². The molecule has 9 heteroatoms. The van der Waals surface area contributed by atoms with Crippen LogP contribution in [-0.4, -0.2) is 51.0 Å². The van der Waals surface area contributed by atoms with Gasteiger partial charge in [0.05, 0.1) is 12.4 Å². The average molecular weight is 373 g/mol. The van der Waals surface area contributed by atoms with E-state index in [1.807, 2.05) is 30.3 Å². The number of nitrogens with one attached hydrogen (secondary N) is 3. The first-order valence-corrected chi connectivity index (χ1v) is 8.47. The van der Waals surface area contributed by atoms with Crippen LogP contribution in [0.2, 0.25) is 0 Å². The molecule has 0 fully saturated rings. The largest absolute Gasteiger partial charge is 0.480 e. The van der Waals surface area contributed by atoms with Crippen molar-refractivity contribution < 1.29 is 19.5 Å². The first-order chi connectivity index (χ1) is 12.9. The number of nitrogens with two attached hydrogens (primary N) is 1. The molecule has 3 unspecified atom stereocenters. The van der Waals surface area contributed by atoms with Gasteiger partial charge in [0.1, 0.15) is 12.1 Å². The van der Waals surface area contributed by atoms with Crippen molar-refractivity contribution in [3.63, 3.8) is 0 Å². The molecule has 0 radical (unpaired) electrons. The fraction of sp³-hybridized carbons (Fsp3) is 0.333. The lowest BCUT2D eigenvalue weighted by Gasteiger charge is -2.21. The van der Waals surface area contributed by atoms with Crippen LogP contribution < -0.4 is 16.4 Å². The van der Waals surface area contributed by atoms with Gasteiger partial charge in [-0.2, -0.15) is 0 Å². The number of carboxylic acid groups (broad SMARTS) is 1. The van der Waals surface area contributed by atoms with Crippen molar-refractivity contribution in [1.82, 2.24) is 20.6 Å². The van der Waals surface area contributed by atoms with Gasteiger partial charge in [0.2, 0.25) is 11.8 Å². The molecular weight excluding hydrogens is 350 g/mol. The van der Waals surface area contributed by atoms with Crippen LogP contribution in [0, 0.1) is 0 Å². The van der Waals surface area contributed by atoms with Crippen LogP contribution in [0.5, 0.6) is 0 Å². The van der Waals surface area contributed by atoms with Gasteiger partial charge in [-0.1, -0.05) is 30.3 Å². The summed E-state index contributed by atoms with van der Waals surface area (Å²) in [5, 5.41) is 13.9. The number of hydrogen-bond donors (Lipinski definition) is 5. The molecule has 0 saturated carbocycles. The minimum Gasteiger partial charge on any atom is -0.480 e. The molecule has 0 aliphatic heterocycles. The number of aromatic nitrogens is 2. The maximum atomic E-state index is 12.5. The molecule has 0 aliphatic carbocycles. The average Bonchev–Trinajstić information content (AvgIpc) is 3.14. The molecule has 0 aliphatic rings. The number of carbonyl (C=O) groups excluding carboxylic acids is 2. The number of rotatable bonds is 9. The highest BCUT2D eigenvalue weighted by atomic mass is 16.4. The number of hydrogen-bond acceptors (Lipinski definition) is 5. The third-order valence-corrected chi connectivity index (χ3v) is 3.98. The van der Waals surface area contributed by atoms with E-state index in [0.29, 0.717) is 12.1 Å². The van der Waals surface area contributed by atoms with Gasteiger partial charge >= 0.3 is 5.97 Å². The summed E-state index contributed by atoms with van der Waals surface area (Å²) in [4.78, 5) is 42.6. The predicted molar refractivity (Wildman–Crippen MR) is 97.6 cm³/mol. The Labute approximate surface area is 156 Å². The molecule has 6 N–H and O–H groups in total. The zero-order chi connectivity index (χ0) is 19.8. The number of nitrogens with zero attached hydrogens (tertiary/aromatic N) is 1. The van der Waals surface area contributed by atoms with Gasteiger partial charge in [-0.05, 0) is 18.9 Å². The highest BCUT2D eigenvalue weighted by Gasteiger charge is 2.27. The van der Waals surface area contributed by atoms with Gasteiger partial charge < -0.3 is 26.5 Å². The molecule has 0 bridgehead atoms. The van der Waals surface area contributed by atoms with E-state index in [1.165, 1.54) is 19.4 Å². The third kappa shape index (κ3) is 6.23. The zero-order valence-electron chi connectivity index (χ0n) is 14.9. The van der Waals surface area contributed by atoms with Gasteiger partial charge in [0.25, 0.3) is 0 Å². The van der Waals surface area contributed by atoms with E-state index in [-0.39, 0.29) is 6.42 Å². The summed E-state index contributed by atoms with van der Waals surface area (Å²) >= 11 is 0. The molecule has 144 valence electrons. The standard InChI is InChI=1S/C18H23N5O4/c1-11(18(26)27)22-17(25)15(8-13-9-20-10-21-13)23-16(24)14(19)7-12-5-3-2-4-6-12/h2-6,9-11,14-15H,7-8,19H2,1H3,(H,20,21)(H,22,25)(H,23,24)(H,26,27). The van der Waals surface area contributed by atoms with Gasteiger partial charge in [0.15, 0.2) is 0 Å². The van der Waals surface area contributed by atoms with Gasteiger partial charge in [0, 0.05) is 18.3 Å². The lowest BCUT2D eigenvalue weighted by molar-refractivity contribution is -0.141. The Balaban J connectivity index is 2.04. The molecular formula is C18H23N5O4. The Morgan fingerprint density at radius 1 is 1.15 bits per heavy atom. The SMILES string of the molecule is CC(NC(=O)C(Cc1cnc[nH]1)NC(=O)C(N)Cc1ccccc1)C(=O)O. The van der Waals surface area contributed by atoms with Gasteiger partial charge in [-0.25, -0.2) is 4.98 Å². The number of carbonyl (C=O) groups is 3. The van der Waals surface area contributed by atoms with E-state index in [1.54, 1.807) is 0 Å². The fourth-order valence-electron chi connectivity index (χ4n) is 2.44. The summed E-state index contributed by atoms with van der Waals surface area (Å²) < 4.78 is 0. The number of amides is 2. The maximum Gasteiger partial charge on any atom is 0.325 e. The van der Waals surface area contributed by atoms with E-state index in [0.717, 1.165) is 5.56 Å². The molecule has 2 aromatic rings. The molecule has 27 heavy (non-hydrogen) atoms. The zero-order valence-corrected chi connectivity index (χ0v) is 14.9. The summed E-state index contributed by atoms with van der Waals surface area (Å²) in [6, 6.07) is 6.36. The number of carboxylic acids is 1. The molecule has 9 nitrogen and oxygen atoms in total. The normalized spacial score (nSPS) is 14.0. The van der Waals surface area contributed by atoms with Crippen molar-refractivity contribution in [2.24, 2.45) is 5.73 Å². The minimum absolute atomic E-state index is 0.127. The van der Waals surface area contributed by atoms with Gasteiger partial charge in [-0.3, -0.25) is 14.4 Å². The molecule has 3 atom stereocenters. The van der Waals surface area contributed by atoms with Crippen LogP contribution in [0.4, 0.5) is 0 Å². The first-order valence-electron chi connectivity index (χ1n) is 8.47. The highest BCUT2D eigenvalue weighted by molar-refractivity contribution is 5.91. The predicted octanol–water partition coefficient (Wildman–Crippen LogP) is -0.404. The Hall–Kier alpha value is -3.20. The van der Waals surface area contributed by atoms with Crippen LogP contribution in [0.3, 0.4) is 0 Å². The monoisotopic (exact) mass is 373 g/mol. The van der Waals surface area contributed by atoms with Crippen LogP contribution >= 0.6 is 0 Å². The number of imidazole rings is 1. The second kappa shape index (κ2) is 9.48. The Morgan fingerprint density at radius 2 is 1.85 bits per heavy atom. The first kappa shape index (κ1) is 20.1. The van der Waals surface area contributed by atoms with Crippen LogP contribution in [0.25, 0.3) is 0 Å². The van der Waals surface area contributed by atoms with Crippen molar-refractivity contribution in [3.05, 3.63) is 54.1 Å². The Morgan fingerprint density at radius 3 is 2.44 bits per heavy atom. The molecule has 1 heterocycles. The van der Waals surface area contributed by atoms with E-state index in [9.17, 15) is 14.4 Å². The third-order valence-electron chi connectivity index (χ3n) is 3.98. The minimum atomic E-state index is -1.17. The van der Waals surface area contributed by atoms with Crippen LogP contribution in [0.1, 0.15) is 18.2 Å². The smallest absolute Gasteiger partial charge is 0.325 e. The van der Waals surface area contributed by atoms with Gasteiger partial charge in [-0.15, -0.1) is 0 Å². The number of aliphatic carboxylic acids is 1. The lowest BCUT2D eigenvalue weighted by atomic mass is 10.0. The Bertz CT molecular complexity index is 763. The molecule has 2 rings (SSSR count). The molecule has 0 spiro atoms.